The van der Waals surface area contributed by atoms with Gasteiger partial charge in [-0.1, -0.05) is 0 Å². The summed E-state index contributed by atoms with van der Waals surface area (Å²) in [6.07, 6.45) is 4.01. The molecule has 0 spiro atoms. The summed E-state index contributed by atoms with van der Waals surface area (Å²) in [4.78, 5) is 13.1. The molecular weight excluding hydrogens is 210 g/mol. The molecule has 2 aromatic rings. The Hall–Kier alpha value is -1.33. The Kier molecular flexibility index (Phi) is 2.75. The molecule has 1 atom stereocenters. The Morgan fingerprint density at radius 1 is 1.33 bits per heavy atom. The molecule has 2 heterocycles. The van der Waals surface area contributed by atoms with Gasteiger partial charge in [-0.2, -0.15) is 0 Å². The van der Waals surface area contributed by atoms with E-state index in [0.717, 1.165) is 15.6 Å². The lowest BCUT2D eigenvalue weighted by Crippen LogP contribution is -2.02. The number of aromatic nitrogens is 3. The number of aliphatic hydroxyl groups excluding tert-OH is 1. The summed E-state index contributed by atoms with van der Waals surface area (Å²) < 4.78 is 0. The van der Waals surface area contributed by atoms with Gasteiger partial charge in [0.15, 0.2) is 0 Å². The number of nitrogens with zero attached hydrogens (tertiary/aromatic N) is 3. The summed E-state index contributed by atoms with van der Waals surface area (Å²) in [5, 5.41) is 11.0. The van der Waals surface area contributed by atoms with Gasteiger partial charge in [-0.05, 0) is 13.8 Å². The molecule has 15 heavy (non-hydrogen) atoms. The average molecular weight is 221 g/mol. The van der Waals surface area contributed by atoms with Gasteiger partial charge in [0.1, 0.15) is 6.10 Å². The lowest BCUT2D eigenvalue weighted by atomic mass is 10.2. The van der Waals surface area contributed by atoms with Crippen molar-refractivity contribution in [3.05, 3.63) is 39.9 Å². The first-order chi connectivity index (χ1) is 7.18. The molecule has 0 fully saturated rings. The highest BCUT2D eigenvalue weighted by Crippen LogP contribution is 2.28. The van der Waals surface area contributed by atoms with Crippen LogP contribution in [0.25, 0.3) is 0 Å². The molecule has 0 aliphatic rings. The lowest BCUT2D eigenvalue weighted by molar-refractivity contribution is 0.217. The SMILES string of the molecule is Cc1nc(C)c(C(O)c2cnccn2)s1. The molecule has 1 unspecified atom stereocenters. The van der Waals surface area contributed by atoms with E-state index in [1.54, 1.807) is 18.6 Å². The van der Waals surface area contributed by atoms with Gasteiger partial charge in [0.2, 0.25) is 0 Å². The number of rotatable bonds is 2. The van der Waals surface area contributed by atoms with Gasteiger partial charge >= 0.3 is 0 Å². The maximum absolute atomic E-state index is 10.1. The minimum atomic E-state index is -0.718. The molecule has 2 aromatic heterocycles. The lowest BCUT2D eigenvalue weighted by Gasteiger charge is -2.07. The predicted octanol–water partition coefficient (Wildman–Crippen LogP) is 1.63. The highest BCUT2D eigenvalue weighted by Gasteiger charge is 2.17. The largest absolute Gasteiger partial charge is 0.381 e. The average Bonchev–Trinajstić information content (AvgIpc) is 2.58. The van der Waals surface area contributed by atoms with Crippen LogP contribution in [-0.4, -0.2) is 20.1 Å². The Morgan fingerprint density at radius 3 is 2.67 bits per heavy atom. The number of thiazole rings is 1. The normalized spacial score (nSPS) is 12.7. The molecule has 0 saturated carbocycles. The van der Waals surface area contributed by atoms with E-state index in [2.05, 4.69) is 15.0 Å². The number of hydrogen-bond donors (Lipinski definition) is 1. The van der Waals surface area contributed by atoms with Crippen LogP contribution in [0.15, 0.2) is 18.6 Å². The van der Waals surface area contributed by atoms with Gasteiger partial charge < -0.3 is 5.11 Å². The highest BCUT2D eigenvalue weighted by atomic mass is 32.1. The molecule has 0 amide bonds. The fourth-order valence-electron chi connectivity index (χ4n) is 1.39. The second kappa shape index (κ2) is 4.04. The van der Waals surface area contributed by atoms with E-state index in [-0.39, 0.29) is 0 Å². The first-order valence-corrected chi connectivity index (χ1v) is 5.38. The van der Waals surface area contributed by atoms with Crippen molar-refractivity contribution in [1.29, 1.82) is 0 Å². The Morgan fingerprint density at radius 2 is 2.13 bits per heavy atom. The van der Waals surface area contributed by atoms with Crippen molar-refractivity contribution < 1.29 is 5.11 Å². The Balaban J connectivity index is 2.36. The summed E-state index contributed by atoms with van der Waals surface area (Å²) in [6, 6.07) is 0. The summed E-state index contributed by atoms with van der Waals surface area (Å²) in [6.45, 7) is 3.81. The monoisotopic (exact) mass is 221 g/mol. The van der Waals surface area contributed by atoms with Crippen LogP contribution in [0.1, 0.15) is 27.4 Å². The maximum Gasteiger partial charge on any atom is 0.133 e. The number of aryl methyl sites for hydroxylation is 2. The molecule has 2 rings (SSSR count). The molecule has 4 nitrogen and oxygen atoms in total. The fraction of sp³-hybridized carbons (Fsp3) is 0.300. The zero-order valence-electron chi connectivity index (χ0n) is 8.51. The quantitative estimate of drug-likeness (QED) is 0.837. The van der Waals surface area contributed by atoms with Crippen LogP contribution in [0.3, 0.4) is 0 Å². The van der Waals surface area contributed by atoms with Crippen LogP contribution < -0.4 is 0 Å². The van der Waals surface area contributed by atoms with Crippen molar-refractivity contribution in [2.75, 3.05) is 0 Å². The van der Waals surface area contributed by atoms with Crippen molar-refractivity contribution in [1.82, 2.24) is 15.0 Å². The van der Waals surface area contributed by atoms with Crippen LogP contribution in [-0.2, 0) is 0 Å². The minimum absolute atomic E-state index is 0.559. The van der Waals surface area contributed by atoms with Crippen molar-refractivity contribution in [3.8, 4) is 0 Å². The molecule has 5 heteroatoms. The minimum Gasteiger partial charge on any atom is -0.381 e. The molecule has 1 N–H and O–H groups in total. The molecule has 0 aliphatic heterocycles. The zero-order valence-corrected chi connectivity index (χ0v) is 9.32. The number of hydrogen-bond acceptors (Lipinski definition) is 5. The van der Waals surface area contributed by atoms with E-state index in [9.17, 15) is 5.11 Å². The van der Waals surface area contributed by atoms with Gasteiger partial charge in [-0.3, -0.25) is 9.97 Å². The van der Waals surface area contributed by atoms with Crippen LogP contribution in [0, 0.1) is 13.8 Å². The van der Waals surface area contributed by atoms with Crippen molar-refractivity contribution in [3.63, 3.8) is 0 Å². The van der Waals surface area contributed by atoms with E-state index in [4.69, 9.17) is 0 Å². The van der Waals surface area contributed by atoms with Crippen LogP contribution in [0.2, 0.25) is 0 Å². The summed E-state index contributed by atoms with van der Waals surface area (Å²) in [5.74, 6) is 0. The molecule has 0 aromatic carbocycles. The Labute approximate surface area is 91.7 Å². The smallest absolute Gasteiger partial charge is 0.133 e. The molecular formula is C10H11N3OS. The third kappa shape index (κ3) is 2.03. The summed E-state index contributed by atoms with van der Waals surface area (Å²) >= 11 is 1.49. The Bertz CT molecular complexity index is 455. The van der Waals surface area contributed by atoms with Crippen molar-refractivity contribution in [2.24, 2.45) is 0 Å². The highest BCUT2D eigenvalue weighted by molar-refractivity contribution is 7.11. The first kappa shape index (κ1) is 10.2. The predicted molar refractivity (Wildman–Crippen MR) is 57.7 cm³/mol. The molecule has 78 valence electrons. The molecule has 0 bridgehead atoms. The van der Waals surface area contributed by atoms with Crippen LogP contribution >= 0.6 is 11.3 Å². The van der Waals surface area contributed by atoms with Crippen molar-refractivity contribution >= 4 is 11.3 Å². The maximum atomic E-state index is 10.1. The second-order valence-electron chi connectivity index (χ2n) is 3.22. The van der Waals surface area contributed by atoms with E-state index < -0.39 is 6.10 Å². The van der Waals surface area contributed by atoms with Gasteiger partial charge in [-0.15, -0.1) is 11.3 Å². The topological polar surface area (TPSA) is 58.9 Å². The van der Waals surface area contributed by atoms with E-state index in [1.165, 1.54) is 11.3 Å². The summed E-state index contributed by atoms with van der Waals surface area (Å²) in [5.41, 5.74) is 1.42. The zero-order chi connectivity index (χ0) is 10.8. The summed E-state index contributed by atoms with van der Waals surface area (Å²) in [7, 11) is 0. The molecule has 0 saturated heterocycles. The molecule has 0 aliphatic carbocycles. The fourth-order valence-corrected chi connectivity index (χ4v) is 2.31. The standard InChI is InChI=1S/C10H11N3OS/c1-6-10(15-7(2)13-6)9(14)8-5-11-3-4-12-8/h3-5,9,14H,1-2H3. The van der Waals surface area contributed by atoms with Gasteiger partial charge in [0, 0.05) is 12.4 Å². The van der Waals surface area contributed by atoms with E-state index >= 15 is 0 Å². The van der Waals surface area contributed by atoms with E-state index in [0.29, 0.717) is 5.69 Å². The third-order valence-corrected chi connectivity index (χ3v) is 3.18. The van der Waals surface area contributed by atoms with Gasteiger partial charge in [-0.25, -0.2) is 4.98 Å². The van der Waals surface area contributed by atoms with Gasteiger partial charge in [0.05, 0.1) is 27.5 Å². The first-order valence-electron chi connectivity index (χ1n) is 4.56. The third-order valence-electron chi connectivity index (χ3n) is 2.05. The number of aliphatic hydroxyl groups is 1. The van der Waals surface area contributed by atoms with Gasteiger partial charge in [0.25, 0.3) is 0 Å². The van der Waals surface area contributed by atoms with Crippen LogP contribution in [0.4, 0.5) is 0 Å². The molecule has 0 radical (unpaired) electrons. The van der Waals surface area contributed by atoms with Crippen molar-refractivity contribution in [2.45, 2.75) is 20.0 Å². The van der Waals surface area contributed by atoms with Crippen LogP contribution in [0.5, 0.6) is 0 Å². The van der Waals surface area contributed by atoms with E-state index in [1.807, 2.05) is 13.8 Å². The second-order valence-corrected chi connectivity index (χ2v) is 4.45.